The number of carboxylic acids is 1. The van der Waals surface area contributed by atoms with Gasteiger partial charge in [0.2, 0.25) is 0 Å². The monoisotopic (exact) mass is 332 g/mol. The summed E-state index contributed by atoms with van der Waals surface area (Å²) in [6.07, 6.45) is 2.24. The van der Waals surface area contributed by atoms with Gasteiger partial charge in [-0.3, -0.25) is 4.79 Å². The lowest BCUT2D eigenvalue weighted by atomic mass is 9.49. The van der Waals surface area contributed by atoms with Gasteiger partial charge in [0.1, 0.15) is 0 Å². The van der Waals surface area contributed by atoms with E-state index in [4.69, 9.17) is 0 Å². The summed E-state index contributed by atoms with van der Waals surface area (Å²) in [4.78, 5) is 12.0. The fraction of sp³-hybridized carbons (Fsp3) is 0.650. The molecule has 0 radical (unpaired) electrons. The Morgan fingerprint density at radius 2 is 1.92 bits per heavy atom. The molecule has 0 spiro atoms. The lowest BCUT2D eigenvalue weighted by Gasteiger charge is -2.54. The molecule has 3 N–H and O–H groups in total. The molecule has 4 nitrogen and oxygen atoms in total. The van der Waals surface area contributed by atoms with Gasteiger partial charge in [0.05, 0.1) is 17.1 Å². The molecule has 0 saturated heterocycles. The molecule has 4 heteroatoms. The summed E-state index contributed by atoms with van der Waals surface area (Å²) in [5, 5.41) is 30.8. The second kappa shape index (κ2) is 5.30. The Morgan fingerprint density at radius 3 is 2.50 bits per heavy atom. The number of aliphatic hydroxyl groups is 2. The SMILES string of the molecule is CC(C)(O)c1ccc2c(c1)[C@H](O)C[C@H]1[C@@]2(C)CCC[C@]1(C)C(=O)O. The molecular weight excluding hydrogens is 304 g/mol. The number of benzene rings is 1. The molecule has 0 aromatic heterocycles. The number of carbonyl (C=O) groups is 1. The largest absolute Gasteiger partial charge is 0.481 e. The smallest absolute Gasteiger partial charge is 0.309 e. The number of rotatable bonds is 2. The normalized spacial score (nSPS) is 35.9. The molecule has 0 bridgehead atoms. The molecule has 0 heterocycles. The molecule has 2 aliphatic carbocycles. The van der Waals surface area contributed by atoms with E-state index >= 15 is 0 Å². The maximum atomic E-state index is 12.0. The van der Waals surface area contributed by atoms with Crippen LogP contribution in [-0.4, -0.2) is 21.3 Å². The highest BCUT2D eigenvalue weighted by Gasteiger charge is 2.56. The first-order valence-electron chi connectivity index (χ1n) is 8.79. The molecule has 132 valence electrons. The fourth-order valence-electron chi connectivity index (χ4n) is 5.06. The number of fused-ring (bicyclic) bond motifs is 3. The van der Waals surface area contributed by atoms with E-state index in [9.17, 15) is 20.1 Å². The number of aliphatic carboxylic acids is 1. The third-order valence-electron chi connectivity index (χ3n) is 6.61. The van der Waals surface area contributed by atoms with Crippen molar-refractivity contribution in [2.75, 3.05) is 0 Å². The molecule has 2 aliphatic rings. The van der Waals surface area contributed by atoms with Gasteiger partial charge < -0.3 is 15.3 Å². The first-order valence-corrected chi connectivity index (χ1v) is 8.79. The molecule has 3 rings (SSSR count). The third-order valence-corrected chi connectivity index (χ3v) is 6.61. The average Bonchev–Trinajstić information content (AvgIpc) is 2.48. The molecule has 4 atom stereocenters. The van der Waals surface area contributed by atoms with Crippen LogP contribution in [0, 0.1) is 11.3 Å². The van der Waals surface area contributed by atoms with Gasteiger partial charge in [0.15, 0.2) is 0 Å². The minimum Gasteiger partial charge on any atom is -0.481 e. The topological polar surface area (TPSA) is 77.8 Å². The van der Waals surface area contributed by atoms with E-state index in [0.29, 0.717) is 12.8 Å². The van der Waals surface area contributed by atoms with E-state index in [1.807, 2.05) is 25.1 Å². The van der Waals surface area contributed by atoms with Crippen molar-refractivity contribution in [1.29, 1.82) is 0 Å². The summed E-state index contributed by atoms with van der Waals surface area (Å²) in [6, 6.07) is 5.80. The van der Waals surface area contributed by atoms with Gasteiger partial charge >= 0.3 is 5.97 Å². The zero-order valence-electron chi connectivity index (χ0n) is 15.0. The number of hydrogen-bond acceptors (Lipinski definition) is 3. The molecule has 1 aromatic rings. The van der Waals surface area contributed by atoms with Gasteiger partial charge in [0.25, 0.3) is 0 Å². The highest BCUT2D eigenvalue weighted by molar-refractivity contribution is 5.75. The van der Waals surface area contributed by atoms with Crippen LogP contribution in [0.3, 0.4) is 0 Å². The lowest BCUT2D eigenvalue weighted by Crippen LogP contribution is -2.53. The van der Waals surface area contributed by atoms with Crippen LogP contribution in [0.5, 0.6) is 0 Å². The lowest BCUT2D eigenvalue weighted by molar-refractivity contribution is -0.159. The van der Waals surface area contributed by atoms with Gasteiger partial charge in [-0.25, -0.2) is 0 Å². The summed E-state index contributed by atoms with van der Waals surface area (Å²) in [5.41, 5.74) is 0.654. The second-order valence-corrected chi connectivity index (χ2v) is 8.66. The predicted octanol–water partition coefficient (Wildman–Crippen LogP) is 3.50. The Hall–Kier alpha value is -1.39. The van der Waals surface area contributed by atoms with Crippen LogP contribution in [0.1, 0.15) is 76.2 Å². The van der Waals surface area contributed by atoms with Crippen molar-refractivity contribution in [3.05, 3.63) is 34.9 Å². The van der Waals surface area contributed by atoms with Gasteiger partial charge in [-0.15, -0.1) is 0 Å². The van der Waals surface area contributed by atoms with Crippen LogP contribution in [0.25, 0.3) is 0 Å². The molecule has 0 aliphatic heterocycles. The highest BCUT2D eigenvalue weighted by Crippen LogP contribution is 2.59. The molecule has 24 heavy (non-hydrogen) atoms. The highest BCUT2D eigenvalue weighted by atomic mass is 16.4. The van der Waals surface area contributed by atoms with E-state index in [2.05, 4.69) is 6.92 Å². The van der Waals surface area contributed by atoms with Gasteiger partial charge in [-0.2, -0.15) is 0 Å². The summed E-state index contributed by atoms with van der Waals surface area (Å²) in [7, 11) is 0. The van der Waals surface area contributed by atoms with Crippen LogP contribution >= 0.6 is 0 Å². The minimum absolute atomic E-state index is 0.0910. The summed E-state index contributed by atoms with van der Waals surface area (Å²) in [5.74, 6) is -0.853. The van der Waals surface area contributed by atoms with Crippen molar-refractivity contribution in [3.8, 4) is 0 Å². The third kappa shape index (κ3) is 2.39. The average molecular weight is 332 g/mol. The second-order valence-electron chi connectivity index (χ2n) is 8.66. The quantitative estimate of drug-likeness (QED) is 0.774. The van der Waals surface area contributed by atoms with E-state index in [-0.39, 0.29) is 11.3 Å². The van der Waals surface area contributed by atoms with Crippen molar-refractivity contribution < 1.29 is 20.1 Å². The van der Waals surface area contributed by atoms with Gasteiger partial charge in [-0.1, -0.05) is 31.5 Å². The van der Waals surface area contributed by atoms with Crippen molar-refractivity contribution in [2.24, 2.45) is 11.3 Å². The van der Waals surface area contributed by atoms with E-state index < -0.39 is 23.1 Å². The van der Waals surface area contributed by atoms with Crippen LogP contribution in [0.4, 0.5) is 0 Å². The minimum atomic E-state index is -0.964. The van der Waals surface area contributed by atoms with Crippen molar-refractivity contribution in [3.63, 3.8) is 0 Å². The number of carboxylic acid groups (broad SMARTS) is 1. The maximum Gasteiger partial charge on any atom is 0.309 e. The predicted molar refractivity (Wildman–Crippen MR) is 91.7 cm³/mol. The Morgan fingerprint density at radius 1 is 1.25 bits per heavy atom. The van der Waals surface area contributed by atoms with Crippen LogP contribution in [0.2, 0.25) is 0 Å². The molecule has 1 fully saturated rings. The Bertz CT molecular complexity index is 675. The molecular formula is C20H28O4. The van der Waals surface area contributed by atoms with E-state index in [0.717, 1.165) is 29.5 Å². The van der Waals surface area contributed by atoms with Gasteiger partial charge in [-0.05, 0) is 68.1 Å². The summed E-state index contributed by atoms with van der Waals surface area (Å²) < 4.78 is 0. The van der Waals surface area contributed by atoms with Crippen LogP contribution < -0.4 is 0 Å². The number of hydrogen-bond donors (Lipinski definition) is 3. The Kier molecular flexibility index (Phi) is 3.85. The van der Waals surface area contributed by atoms with Crippen molar-refractivity contribution in [2.45, 2.75) is 70.5 Å². The van der Waals surface area contributed by atoms with Crippen LogP contribution in [0.15, 0.2) is 18.2 Å². The molecule has 0 unspecified atom stereocenters. The van der Waals surface area contributed by atoms with Crippen LogP contribution in [-0.2, 0) is 15.8 Å². The number of aliphatic hydroxyl groups excluding tert-OH is 1. The zero-order chi connectivity index (χ0) is 17.9. The summed E-state index contributed by atoms with van der Waals surface area (Å²) >= 11 is 0. The molecule has 1 saturated carbocycles. The molecule has 1 aromatic carbocycles. The molecule has 0 amide bonds. The van der Waals surface area contributed by atoms with Crippen molar-refractivity contribution >= 4 is 5.97 Å². The summed E-state index contributed by atoms with van der Waals surface area (Å²) in [6.45, 7) is 7.44. The van der Waals surface area contributed by atoms with E-state index in [1.165, 1.54) is 0 Å². The Labute approximate surface area is 143 Å². The van der Waals surface area contributed by atoms with E-state index in [1.54, 1.807) is 13.8 Å². The standard InChI is InChI=1S/C20H28O4/c1-18(2,24)12-6-7-14-13(10-12)15(21)11-16-19(14,3)8-5-9-20(16,4)17(22)23/h6-7,10,15-16,21,24H,5,8-9,11H2,1-4H3,(H,22,23)/t15-,16+,19+,20+/m1/s1. The first kappa shape index (κ1) is 17.4. The van der Waals surface area contributed by atoms with Gasteiger partial charge in [0, 0.05) is 0 Å². The fourth-order valence-corrected chi connectivity index (χ4v) is 5.06. The van der Waals surface area contributed by atoms with Crippen molar-refractivity contribution in [1.82, 2.24) is 0 Å². The Balaban J connectivity index is 2.15. The maximum absolute atomic E-state index is 12.0. The zero-order valence-corrected chi connectivity index (χ0v) is 15.0. The first-order chi connectivity index (χ1) is 11.0.